The van der Waals surface area contributed by atoms with Gasteiger partial charge < -0.3 is 25.5 Å². The van der Waals surface area contributed by atoms with E-state index in [-0.39, 0.29) is 0 Å². The average Bonchev–Trinajstić information content (AvgIpc) is 2.14. The van der Waals surface area contributed by atoms with E-state index in [2.05, 4.69) is 0 Å². The van der Waals surface area contributed by atoms with Gasteiger partial charge in [0.1, 0.15) is 6.10 Å². The lowest BCUT2D eigenvalue weighted by molar-refractivity contribution is -0.150. The first-order valence-electron chi connectivity index (χ1n) is 4.30. The van der Waals surface area contributed by atoms with Crippen LogP contribution in [0, 0.1) is 5.92 Å². The molecule has 88 valence electrons. The maximum Gasteiger partial charge on any atom is 0.307 e. The molecule has 0 heterocycles. The molecular formula is C8H14O7. The molecule has 0 aliphatic carbocycles. The summed E-state index contributed by atoms with van der Waals surface area (Å²) in [5.74, 6) is -3.94. The fourth-order valence-electron chi connectivity index (χ4n) is 1.05. The van der Waals surface area contributed by atoms with Crippen LogP contribution in [0.5, 0.6) is 0 Å². The first kappa shape index (κ1) is 13.8. The van der Waals surface area contributed by atoms with Crippen molar-refractivity contribution in [3.63, 3.8) is 0 Å². The van der Waals surface area contributed by atoms with Crippen molar-refractivity contribution in [2.45, 2.75) is 25.0 Å². The highest BCUT2D eigenvalue weighted by Gasteiger charge is 2.27. The second-order valence-corrected chi connectivity index (χ2v) is 3.19. The third-order valence-corrected chi connectivity index (χ3v) is 1.93. The highest BCUT2D eigenvalue weighted by molar-refractivity contribution is 5.77. The Morgan fingerprint density at radius 2 is 1.60 bits per heavy atom. The Kier molecular flexibility index (Phi) is 5.83. The lowest BCUT2D eigenvalue weighted by Gasteiger charge is -2.18. The van der Waals surface area contributed by atoms with E-state index in [1.165, 1.54) is 0 Å². The second kappa shape index (κ2) is 6.33. The highest BCUT2D eigenvalue weighted by Crippen LogP contribution is 2.14. The van der Waals surface area contributed by atoms with E-state index in [4.69, 9.17) is 20.4 Å². The number of rotatable bonds is 7. The van der Waals surface area contributed by atoms with Crippen molar-refractivity contribution >= 4 is 11.9 Å². The number of aliphatic hydroxyl groups is 3. The molecule has 3 unspecified atom stereocenters. The molecule has 0 spiro atoms. The maximum absolute atomic E-state index is 10.6. The molecular weight excluding hydrogens is 208 g/mol. The molecule has 7 nitrogen and oxygen atoms in total. The molecule has 0 aromatic rings. The smallest absolute Gasteiger partial charge is 0.307 e. The quantitative estimate of drug-likeness (QED) is 0.345. The van der Waals surface area contributed by atoms with Gasteiger partial charge in [-0.05, 0) is 6.42 Å². The molecule has 0 radical (unpaired) electrons. The molecule has 0 rings (SSSR count). The van der Waals surface area contributed by atoms with E-state index < -0.39 is 49.5 Å². The van der Waals surface area contributed by atoms with Crippen LogP contribution in [-0.2, 0) is 9.59 Å². The zero-order valence-electron chi connectivity index (χ0n) is 7.91. The highest BCUT2D eigenvalue weighted by atomic mass is 16.4. The Morgan fingerprint density at radius 3 is 1.93 bits per heavy atom. The first-order valence-corrected chi connectivity index (χ1v) is 4.30. The SMILES string of the molecule is O=C(O)CC(CC(O)C(O)CO)C(=O)O. The summed E-state index contributed by atoms with van der Waals surface area (Å²) in [7, 11) is 0. The van der Waals surface area contributed by atoms with E-state index in [1.807, 2.05) is 0 Å². The number of carbonyl (C=O) groups is 2. The molecule has 0 fully saturated rings. The maximum atomic E-state index is 10.6. The summed E-state index contributed by atoms with van der Waals surface area (Å²) in [6, 6.07) is 0. The van der Waals surface area contributed by atoms with Crippen molar-refractivity contribution in [2.75, 3.05) is 6.61 Å². The summed E-state index contributed by atoms with van der Waals surface area (Å²) in [4.78, 5) is 20.8. The summed E-state index contributed by atoms with van der Waals surface area (Å²) in [6.07, 6.45) is -3.95. The topological polar surface area (TPSA) is 135 Å². The molecule has 0 saturated carbocycles. The van der Waals surface area contributed by atoms with Crippen molar-refractivity contribution < 1.29 is 35.1 Å². The van der Waals surface area contributed by atoms with Crippen LogP contribution in [0.1, 0.15) is 12.8 Å². The van der Waals surface area contributed by atoms with Crippen molar-refractivity contribution in [1.29, 1.82) is 0 Å². The van der Waals surface area contributed by atoms with Gasteiger partial charge in [0.15, 0.2) is 0 Å². The number of carboxylic acids is 2. The predicted molar refractivity (Wildman–Crippen MR) is 47.1 cm³/mol. The van der Waals surface area contributed by atoms with Crippen molar-refractivity contribution in [3.05, 3.63) is 0 Å². The lowest BCUT2D eigenvalue weighted by atomic mass is 9.96. The summed E-state index contributed by atoms with van der Waals surface area (Å²) in [6.45, 7) is -0.708. The molecule has 15 heavy (non-hydrogen) atoms. The molecule has 0 aromatic carbocycles. The Hall–Kier alpha value is -1.18. The summed E-state index contributed by atoms with van der Waals surface area (Å²) >= 11 is 0. The minimum absolute atomic E-state index is 0.413. The van der Waals surface area contributed by atoms with E-state index in [1.54, 1.807) is 0 Å². The van der Waals surface area contributed by atoms with E-state index in [9.17, 15) is 14.7 Å². The minimum Gasteiger partial charge on any atom is -0.481 e. The fraction of sp³-hybridized carbons (Fsp3) is 0.750. The standard InChI is InChI=1S/C8H14O7/c9-3-6(11)5(10)1-4(8(14)15)2-7(12)13/h4-6,9-11H,1-3H2,(H,12,13)(H,14,15). The lowest BCUT2D eigenvalue weighted by Crippen LogP contribution is -2.33. The third kappa shape index (κ3) is 5.31. The van der Waals surface area contributed by atoms with Crippen LogP contribution in [0.15, 0.2) is 0 Å². The van der Waals surface area contributed by atoms with Gasteiger partial charge >= 0.3 is 11.9 Å². The van der Waals surface area contributed by atoms with Crippen LogP contribution >= 0.6 is 0 Å². The monoisotopic (exact) mass is 222 g/mol. The van der Waals surface area contributed by atoms with Gasteiger partial charge in [0.2, 0.25) is 0 Å². The minimum atomic E-state index is -1.46. The Labute approximate surface area is 85.6 Å². The molecule has 5 N–H and O–H groups in total. The zero-order chi connectivity index (χ0) is 12.0. The fourth-order valence-corrected chi connectivity index (χ4v) is 1.05. The van der Waals surface area contributed by atoms with Gasteiger partial charge in [0.05, 0.1) is 25.0 Å². The number of carboxylic acid groups (broad SMARTS) is 2. The van der Waals surface area contributed by atoms with Crippen LogP contribution in [-0.4, -0.2) is 56.3 Å². The van der Waals surface area contributed by atoms with Gasteiger partial charge in [-0.15, -0.1) is 0 Å². The van der Waals surface area contributed by atoms with Crippen LogP contribution in [0.3, 0.4) is 0 Å². The van der Waals surface area contributed by atoms with E-state index in [0.29, 0.717) is 0 Å². The summed E-state index contributed by atoms with van der Waals surface area (Å²) in [5.41, 5.74) is 0. The number of hydrogen-bond acceptors (Lipinski definition) is 5. The summed E-state index contributed by atoms with van der Waals surface area (Å²) < 4.78 is 0. The molecule has 0 amide bonds. The molecule has 7 heteroatoms. The Balaban J connectivity index is 4.28. The van der Waals surface area contributed by atoms with Gasteiger partial charge in [0, 0.05) is 0 Å². The van der Waals surface area contributed by atoms with Crippen molar-refractivity contribution in [2.24, 2.45) is 5.92 Å². The number of aliphatic carboxylic acids is 2. The molecule has 0 aromatic heterocycles. The zero-order valence-corrected chi connectivity index (χ0v) is 7.91. The molecule has 0 saturated heterocycles. The normalized spacial score (nSPS) is 16.7. The van der Waals surface area contributed by atoms with Gasteiger partial charge in [-0.3, -0.25) is 9.59 Å². The van der Waals surface area contributed by atoms with E-state index >= 15 is 0 Å². The van der Waals surface area contributed by atoms with Crippen LogP contribution < -0.4 is 0 Å². The number of hydrogen-bond donors (Lipinski definition) is 5. The largest absolute Gasteiger partial charge is 0.481 e. The van der Waals surface area contributed by atoms with Crippen molar-refractivity contribution in [3.8, 4) is 0 Å². The Bertz CT molecular complexity index is 227. The van der Waals surface area contributed by atoms with Gasteiger partial charge in [-0.1, -0.05) is 0 Å². The third-order valence-electron chi connectivity index (χ3n) is 1.93. The van der Waals surface area contributed by atoms with E-state index in [0.717, 1.165) is 0 Å². The van der Waals surface area contributed by atoms with Gasteiger partial charge in [0.25, 0.3) is 0 Å². The molecule has 0 aliphatic heterocycles. The average molecular weight is 222 g/mol. The first-order chi connectivity index (χ1) is 6.88. The molecule has 3 atom stereocenters. The molecule has 0 bridgehead atoms. The van der Waals surface area contributed by atoms with Gasteiger partial charge in [-0.25, -0.2) is 0 Å². The molecule has 0 aliphatic rings. The Morgan fingerprint density at radius 1 is 1.07 bits per heavy atom. The van der Waals surface area contributed by atoms with Crippen molar-refractivity contribution in [1.82, 2.24) is 0 Å². The summed E-state index contributed by atoms with van der Waals surface area (Å²) in [5, 5.41) is 43.6. The van der Waals surface area contributed by atoms with Crippen LogP contribution in [0.25, 0.3) is 0 Å². The van der Waals surface area contributed by atoms with Crippen LogP contribution in [0.2, 0.25) is 0 Å². The second-order valence-electron chi connectivity index (χ2n) is 3.19. The number of aliphatic hydroxyl groups excluding tert-OH is 3. The van der Waals surface area contributed by atoms with Crippen LogP contribution in [0.4, 0.5) is 0 Å². The van der Waals surface area contributed by atoms with Gasteiger partial charge in [-0.2, -0.15) is 0 Å². The predicted octanol–water partition coefficient (Wildman–Crippen LogP) is -1.73.